The minimum atomic E-state index is -3.51. The van der Waals surface area contributed by atoms with E-state index in [2.05, 4.69) is 9.97 Å². The molecule has 0 radical (unpaired) electrons. The van der Waals surface area contributed by atoms with Gasteiger partial charge in [-0.25, -0.2) is 9.97 Å². The summed E-state index contributed by atoms with van der Waals surface area (Å²) < 4.78 is 26.6. The van der Waals surface area contributed by atoms with E-state index < -0.39 is 11.1 Å². The molecule has 0 amide bonds. The number of nitrogens with zero attached hydrogens (tertiary/aromatic N) is 2. The second-order valence-corrected chi connectivity index (χ2v) is 5.01. The Kier molecular flexibility index (Phi) is 4.02. The molecule has 1 aromatic carbocycles. The lowest BCUT2D eigenvalue weighted by molar-refractivity contribution is 0.0884. The highest BCUT2D eigenvalue weighted by Crippen LogP contribution is 2.37. The summed E-state index contributed by atoms with van der Waals surface area (Å²) in [4.78, 5) is 7.39. The van der Waals surface area contributed by atoms with Gasteiger partial charge in [-0.3, -0.25) is 0 Å². The first-order valence-corrected chi connectivity index (χ1v) is 6.27. The lowest BCUT2D eigenvalue weighted by atomic mass is 9.93. The fourth-order valence-corrected chi connectivity index (χ4v) is 2.11. The Hall–Kier alpha value is -1.26. The van der Waals surface area contributed by atoms with Gasteiger partial charge in [0.15, 0.2) is 0 Å². The molecular weight excluding hydrogens is 293 g/mol. The highest BCUT2D eigenvalue weighted by atomic mass is 35.5. The number of halogens is 4. The molecule has 0 fully saturated rings. The molecule has 0 saturated carbocycles. The number of hydrogen-bond donors (Lipinski definition) is 0. The quantitative estimate of drug-likeness (QED) is 0.776. The van der Waals surface area contributed by atoms with E-state index in [0.29, 0.717) is 10.6 Å². The van der Waals surface area contributed by atoms with Crippen LogP contribution in [0.1, 0.15) is 29.7 Å². The molecule has 1 unspecified atom stereocenters. The topological polar surface area (TPSA) is 25.8 Å². The van der Waals surface area contributed by atoms with E-state index in [1.807, 2.05) is 0 Å². The van der Waals surface area contributed by atoms with Crippen LogP contribution < -0.4 is 0 Å². The molecular formula is C13H10Cl2F2N2. The summed E-state index contributed by atoms with van der Waals surface area (Å²) in [5.74, 6) is -0.307. The third-order valence-electron chi connectivity index (χ3n) is 2.85. The Labute approximate surface area is 119 Å². The first-order valence-electron chi connectivity index (χ1n) is 5.52. The predicted octanol–water partition coefficient (Wildman–Crippen LogP) is 4.57. The molecule has 19 heavy (non-hydrogen) atoms. The van der Waals surface area contributed by atoms with Gasteiger partial charge in [0.25, 0.3) is 0 Å². The number of aromatic nitrogens is 2. The van der Waals surface area contributed by atoms with Crippen LogP contribution in [0.15, 0.2) is 36.8 Å². The average molecular weight is 303 g/mol. The van der Waals surface area contributed by atoms with Crippen LogP contribution in [-0.2, 0) is 5.38 Å². The molecule has 2 rings (SSSR count). The van der Waals surface area contributed by atoms with E-state index in [9.17, 15) is 8.78 Å². The Morgan fingerprint density at radius 1 is 1.21 bits per heavy atom. The first kappa shape index (κ1) is 14.2. The van der Waals surface area contributed by atoms with Gasteiger partial charge in [-0.15, -0.1) is 0 Å². The summed E-state index contributed by atoms with van der Waals surface area (Å²) >= 11 is 10.9. The standard InChI is InChI=1S/C13H10Cl2F2N2/c1-8(9-2-4-10(14)5-3-9)11-6-18-7-19-12(11)13(15,16)17/h2-8H,1H3. The first-order chi connectivity index (χ1) is 8.89. The van der Waals surface area contributed by atoms with Gasteiger partial charge in [0.05, 0.1) is 0 Å². The zero-order valence-electron chi connectivity index (χ0n) is 9.95. The summed E-state index contributed by atoms with van der Waals surface area (Å²) in [5.41, 5.74) is 0.665. The van der Waals surface area contributed by atoms with E-state index in [1.54, 1.807) is 31.2 Å². The van der Waals surface area contributed by atoms with E-state index in [4.69, 9.17) is 23.2 Å². The van der Waals surface area contributed by atoms with Crippen molar-refractivity contribution < 1.29 is 8.78 Å². The van der Waals surface area contributed by atoms with Crippen LogP contribution in [0, 0.1) is 0 Å². The lowest BCUT2D eigenvalue weighted by Crippen LogP contribution is -2.13. The summed E-state index contributed by atoms with van der Waals surface area (Å²) in [6.07, 6.45) is 2.42. The Bertz CT molecular complexity index is 568. The van der Waals surface area contributed by atoms with Crippen molar-refractivity contribution in [1.82, 2.24) is 9.97 Å². The van der Waals surface area contributed by atoms with Crippen molar-refractivity contribution in [3.05, 3.63) is 58.6 Å². The highest BCUT2D eigenvalue weighted by molar-refractivity contribution is 6.30. The molecule has 0 saturated heterocycles. The van der Waals surface area contributed by atoms with Gasteiger partial charge in [-0.1, -0.05) is 30.7 Å². The number of benzene rings is 1. The van der Waals surface area contributed by atoms with Crippen molar-refractivity contribution in [1.29, 1.82) is 0 Å². The van der Waals surface area contributed by atoms with E-state index >= 15 is 0 Å². The number of hydrogen-bond acceptors (Lipinski definition) is 2. The van der Waals surface area contributed by atoms with Crippen LogP contribution in [0.5, 0.6) is 0 Å². The van der Waals surface area contributed by atoms with Crippen molar-refractivity contribution in [2.24, 2.45) is 0 Å². The molecule has 0 bridgehead atoms. The minimum absolute atomic E-state index is 0.296. The van der Waals surface area contributed by atoms with Crippen molar-refractivity contribution in [2.45, 2.75) is 18.2 Å². The van der Waals surface area contributed by atoms with E-state index in [-0.39, 0.29) is 5.92 Å². The maximum absolute atomic E-state index is 13.3. The van der Waals surface area contributed by atoms with Crippen LogP contribution in [0.4, 0.5) is 8.78 Å². The Morgan fingerprint density at radius 3 is 2.42 bits per heavy atom. The monoisotopic (exact) mass is 302 g/mol. The molecule has 0 aliphatic heterocycles. The largest absolute Gasteiger partial charge is 0.365 e. The smallest absolute Gasteiger partial charge is 0.244 e. The van der Waals surface area contributed by atoms with Gasteiger partial charge in [0.2, 0.25) is 0 Å². The molecule has 1 atom stereocenters. The molecule has 0 aliphatic rings. The number of alkyl halides is 3. The highest BCUT2D eigenvalue weighted by Gasteiger charge is 2.34. The Balaban J connectivity index is 2.44. The van der Waals surface area contributed by atoms with Crippen LogP contribution in [0.25, 0.3) is 0 Å². The van der Waals surface area contributed by atoms with Crippen LogP contribution in [-0.4, -0.2) is 9.97 Å². The van der Waals surface area contributed by atoms with Crippen molar-refractivity contribution in [3.63, 3.8) is 0 Å². The predicted molar refractivity (Wildman–Crippen MR) is 70.7 cm³/mol. The molecule has 2 aromatic rings. The van der Waals surface area contributed by atoms with Crippen LogP contribution >= 0.6 is 23.2 Å². The molecule has 100 valence electrons. The Morgan fingerprint density at radius 2 is 1.84 bits per heavy atom. The normalized spacial score (nSPS) is 13.3. The molecule has 1 aromatic heterocycles. The maximum Gasteiger partial charge on any atom is 0.365 e. The molecule has 1 heterocycles. The van der Waals surface area contributed by atoms with Gasteiger partial charge < -0.3 is 0 Å². The average Bonchev–Trinajstić information content (AvgIpc) is 2.38. The van der Waals surface area contributed by atoms with Gasteiger partial charge in [-0.05, 0) is 29.3 Å². The maximum atomic E-state index is 13.3. The van der Waals surface area contributed by atoms with Gasteiger partial charge in [0.1, 0.15) is 12.0 Å². The third-order valence-corrected chi connectivity index (χ3v) is 3.28. The SMILES string of the molecule is CC(c1ccc(Cl)cc1)c1cncnc1C(F)(F)Cl. The summed E-state index contributed by atoms with van der Waals surface area (Å²) in [5, 5.41) is -2.93. The van der Waals surface area contributed by atoms with E-state index in [1.165, 1.54) is 6.20 Å². The van der Waals surface area contributed by atoms with Gasteiger partial charge in [-0.2, -0.15) is 8.78 Å². The van der Waals surface area contributed by atoms with Gasteiger partial charge in [0, 0.05) is 22.7 Å². The third kappa shape index (κ3) is 3.19. The van der Waals surface area contributed by atoms with E-state index in [0.717, 1.165) is 11.9 Å². The van der Waals surface area contributed by atoms with Gasteiger partial charge >= 0.3 is 5.38 Å². The number of rotatable bonds is 3. The molecule has 0 aliphatic carbocycles. The van der Waals surface area contributed by atoms with Crippen LogP contribution in [0.2, 0.25) is 5.02 Å². The summed E-state index contributed by atoms with van der Waals surface area (Å²) in [7, 11) is 0. The van der Waals surface area contributed by atoms with Crippen molar-refractivity contribution in [3.8, 4) is 0 Å². The zero-order valence-corrected chi connectivity index (χ0v) is 11.5. The van der Waals surface area contributed by atoms with Crippen molar-refractivity contribution in [2.75, 3.05) is 0 Å². The van der Waals surface area contributed by atoms with Crippen LogP contribution in [0.3, 0.4) is 0 Å². The second kappa shape index (κ2) is 5.39. The molecule has 0 N–H and O–H groups in total. The second-order valence-electron chi connectivity index (χ2n) is 4.10. The van der Waals surface area contributed by atoms with Crippen molar-refractivity contribution >= 4 is 23.2 Å². The fraction of sp³-hybridized carbons (Fsp3) is 0.231. The lowest BCUT2D eigenvalue weighted by Gasteiger charge is -2.17. The zero-order chi connectivity index (χ0) is 14.0. The fourth-order valence-electron chi connectivity index (χ4n) is 1.83. The minimum Gasteiger partial charge on any atom is -0.244 e. The molecule has 0 spiro atoms. The molecule has 6 heteroatoms. The summed E-state index contributed by atoms with van der Waals surface area (Å²) in [6, 6.07) is 6.96. The summed E-state index contributed by atoms with van der Waals surface area (Å²) in [6.45, 7) is 1.79. The molecule has 2 nitrogen and oxygen atoms in total.